The Hall–Kier alpha value is -2.37. The number of carbonyl (C=O) groups excluding carboxylic acids is 3. The molecule has 0 fully saturated rings. The average Bonchev–Trinajstić information content (AvgIpc) is 3.39. The van der Waals surface area contributed by atoms with E-state index in [1.54, 1.807) is 0 Å². The second kappa shape index (κ2) is 62.2. The number of hydrogen-bond donors (Lipinski definition) is 0. The van der Waals surface area contributed by atoms with Crippen molar-refractivity contribution in [2.24, 2.45) is 0 Å². The zero-order chi connectivity index (χ0) is 52.9. The second-order valence-corrected chi connectivity index (χ2v) is 22.0. The lowest BCUT2D eigenvalue weighted by molar-refractivity contribution is -0.167. The average molecular weight is 1030 g/mol. The van der Waals surface area contributed by atoms with Crippen LogP contribution >= 0.6 is 0 Å². The molecule has 1 atom stereocenters. The zero-order valence-electron chi connectivity index (χ0n) is 49.2. The molecule has 0 heterocycles. The van der Waals surface area contributed by atoms with Crippen LogP contribution in [0.15, 0.2) is 36.5 Å². The lowest BCUT2D eigenvalue weighted by atomic mass is 10.0. The molecule has 0 aromatic heterocycles. The zero-order valence-corrected chi connectivity index (χ0v) is 49.2. The van der Waals surface area contributed by atoms with E-state index < -0.39 is 6.10 Å². The highest BCUT2D eigenvalue weighted by molar-refractivity contribution is 5.71. The first-order chi connectivity index (χ1) is 36.0. The fraction of sp³-hybridized carbons (Fsp3) is 0.866. The van der Waals surface area contributed by atoms with Crippen molar-refractivity contribution < 1.29 is 28.6 Å². The van der Waals surface area contributed by atoms with Gasteiger partial charge in [0, 0.05) is 19.3 Å². The number of hydrogen-bond acceptors (Lipinski definition) is 6. The molecular formula is C67H124O6. The maximum Gasteiger partial charge on any atom is 0.306 e. The van der Waals surface area contributed by atoms with Gasteiger partial charge in [-0.05, 0) is 77.0 Å². The molecule has 0 saturated carbocycles. The van der Waals surface area contributed by atoms with Gasteiger partial charge in [-0.1, -0.05) is 295 Å². The number of unbranched alkanes of at least 4 members (excludes halogenated alkanes) is 43. The van der Waals surface area contributed by atoms with Crippen molar-refractivity contribution in [2.45, 2.75) is 361 Å². The van der Waals surface area contributed by atoms with E-state index in [9.17, 15) is 14.4 Å². The summed E-state index contributed by atoms with van der Waals surface area (Å²) in [5, 5.41) is 0. The Morgan fingerprint density at radius 2 is 0.493 bits per heavy atom. The summed E-state index contributed by atoms with van der Waals surface area (Å²) in [6.45, 7) is 6.66. The monoisotopic (exact) mass is 1020 g/mol. The SMILES string of the molecule is CCCCC/C=C\C/C=C\CCCCCCCCCC(=O)OC[C@H](COC(=O)CCCCCCCCC/C=C\CCCCCCCC)OC(=O)CCCCCCCCCCCCCCCCCCCCCCC. The van der Waals surface area contributed by atoms with Gasteiger partial charge in [0.1, 0.15) is 13.2 Å². The summed E-state index contributed by atoms with van der Waals surface area (Å²) in [6.07, 6.45) is 75.7. The lowest BCUT2D eigenvalue weighted by Crippen LogP contribution is -2.30. The van der Waals surface area contributed by atoms with Crippen LogP contribution in [0.5, 0.6) is 0 Å². The van der Waals surface area contributed by atoms with Gasteiger partial charge in [-0.3, -0.25) is 14.4 Å². The van der Waals surface area contributed by atoms with Crippen molar-refractivity contribution in [2.75, 3.05) is 13.2 Å². The van der Waals surface area contributed by atoms with E-state index in [1.807, 2.05) is 0 Å². The summed E-state index contributed by atoms with van der Waals surface area (Å²) in [6, 6.07) is 0. The molecule has 0 aliphatic carbocycles. The minimum atomic E-state index is -0.775. The Kier molecular flexibility index (Phi) is 60.2. The molecule has 0 rings (SSSR count). The maximum absolute atomic E-state index is 12.9. The number of allylic oxidation sites excluding steroid dienone is 6. The number of rotatable bonds is 60. The summed E-state index contributed by atoms with van der Waals surface area (Å²) in [5.74, 6) is -0.860. The standard InChI is InChI=1S/C67H124O6/c1-4-7-10-13-16-19-22-25-28-31-32-33-34-37-40-43-46-49-52-55-58-61-67(70)73-64(62-71-65(68)59-56-53-50-47-44-41-38-35-29-26-23-20-17-14-11-8-5-2)63-72-66(69)60-57-54-51-48-45-42-39-36-30-27-24-21-18-15-12-9-6-3/h17,20,26-27,29-30,64H,4-16,18-19,21-25,28,31-63H2,1-3H3/b20-17-,29-26-,30-27-/t64-/m1/s1. The summed E-state index contributed by atoms with van der Waals surface area (Å²) in [7, 11) is 0. The van der Waals surface area contributed by atoms with Gasteiger partial charge in [0.15, 0.2) is 6.10 Å². The van der Waals surface area contributed by atoms with Crippen molar-refractivity contribution in [3.63, 3.8) is 0 Å². The van der Waals surface area contributed by atoms with E-state index >= 15 is 0 Å². The van der Waals surface area contributed by atoms with Gasteiger partial charge in [-0.2, -0.15) is 0 Å². The van der Waals surface area contributed by atoms with E-state index in [0.29, 0.717) is 19.3 Å². The van der Waals surface area contributed by atoms with Gasteiger partial charge in [-0.15, -0.1) is 0 Å². The van der Waals surface area contributed by atoms with Gasteiger partial charge in [0.05, 0.1) is 0 Å². The van der Waals surface area contributed by atoms with Crippen molar-refractivity contribution >= 4 is 17.9 Å². The smallest absolute Gasteiger partial charge is 0.306 e. The molecule has 0 unspecified atom stereocenters. The Morgan fingerprint density at radius 1 is 0.274 bits per heavy atom. The molecule has 6 heteroatoms. The molecule has 0 saturated heterocycles. The van der Waals surface area contributed by atoms with Crippen LogP contribution in [-0.4, -0.2) is 37.2 Å². The third-order valence-electron chi connectivity index (χ3n) is 14.6. The predicted molar refractivity (Wildman–Crippen MR) is 316 cm³/mol. The summed E-state index contributed by atoms with van der Waals surface area (Å²) < 4.78 is 17.0. The normalized spacial score (nSPS) is 12.2. The summed E-state index contributed by atoms with van der Waals surface area (Å²) in [5.41, 5.74) is 0. The fourth-order valence-corrected chi connectivity index (χ4v) is 9.71. The van der Waals surface area contributed by atoms with Gasteiger partial charge in [0.25, 0.3) is 0 Å². The highest BCUT2D eigenvalue weighted by Crippen LogP contribution is 2.18. The van der Waals surface area contributed by atoms with Crippen molar-refractivity contribution in [3.05, 3.63) is 36.5 Å². The van der Waals surface area contributed by atoms with E-state index in [4.69, 9.17) is 14.2 Å². The maximum atomic E-state index is 12.9. The minimum Gasteiger partial charge on any atom is -0.462 e. The number of esters is 3. The molecular weight excluding hydrogens is 901 g/mol. The van der Waals surface area contributed by atoms with Crippen LogP contribution in [0.4, 0.5) is 0 Å². The largest absolute Gasteiger partial charge is 0.462 e. The van der Waals surface area contributed by atoms with Gasteiger partial charge < -0.3 is 14.2 Å². The topological polar surface area (TPSA) is 78.9 Å². The van der Waals surface area contributed by atoms with Gasteiger partial charge in [-0.25, -0.2) is 0 Å². The molecule has 0 aliphatic rings. The highest BCUT2D eigenvalue weighted by Gasteiger charge is 2.19. The molecule has 0 amide bonds. The Balaban J connectivity index is 4.33. The molecule has 0 aliphatic heterocycles. The lowest BCUT2D eigenvalue weighted by Gasteiger charge is -2.18. The van der Waals surface area contributed by atoms with Crippen LogP contribution in [0.3, 0.4) is 0 Å². The molecule has 0 aromatic rings. The first-order valence-corrected chi connectivity index (χ1v) is 32.5. The van der Waals surface area contributed by atoms with E-state index in [0.717, 1.165) is 70.6 Å². The van der Waals surface area contributed by atoms with Crippen LogP contribution < -0.4 is 0 Å². The molecule has 0 bridgehead atoms. The Labute approximate surface area is 455 Å². The van der Waals surface area contributed by atoms with Crippen molar-refractivity contribution in [1.82, 2.24) is 0 Å². The molecule has 6 nitrogen and oxygen atoms in total. The van der Waals surface area contributed by atoms with Gasteiger partial charge in [0.2, 0.25) is 0 Å². The third-order valence-corrected chi connectivity index (χ3v) is 14.6. The first-order valence-electron chi connectivity index (χ1n) is 32.5. The van der Waals surface area contributed by atoms with Crippen LogP contribution in [0, 0.1) is 0 Å². The molecule has 0 aromatic carbocycles. The van der Waals surface area contributed by atoms with E-state index in [1.165, 1.54) is 244 Å². The fourth-order valence-electron chi connectivity index (χ4n) is 9.71. The van der Waals surface area contributed by atoms with Crippen molar-refractivity contribution in [3.8, 4) is 0 Å². The van der Waals surface area contributed by atoms with Gasteiger partial charge >= 0.3 is 17.9 Å². The summed E-state index contributed by atoms with van der Waals surface area (Å²) in [4.78, 5) is 38.3. The second-order valence-electron chi connectivity index (χ2n) is 22.0. The molecule has 428 valence electrons. The molecule has 0 N–H and O–H groups in total. The molecule has 0 spiro atoms. The van der Waals surface area contributed by atoms with Crippen LogP contribution in [0.1, 0.15) is 355 Å². The van der Waals surface area contributed by atoms with Crippen LogP contribution in [-0.2, 0) is 28.6 Å². The summed E-state index contributed by atoms with van der Waals surface area (Å²) >= 11 is 0. The van der Waals surface area contributed by atoms with Crippen LogP contribution in [0.25, 0.3) is 0 Å². The first kappa shape index (κ1) is 70.6. The predicted octanol–water partition coefficient (Wildman–Crippen LogP) is 22.0. The Morgan fingerprint density at radius 3 is 0.795 bits per heavy atom. The number of ether oxygens (including phenoxy) is 3. The molecule has 73 heavy (non-hydrogen) atoms. The van der Waals surface area contributed by atoms with E-state index in [-0.39, 0.29) is 31.1 Å². The van der Waals surface area contributed by atoms with Crippen molar-refractivity contribution in [1.29, 1.82) is 0 Å². The van der Waals surface area contributed by atoms with E-state index in [2.05, 4.69) is 57.2 Å². The highest BCUT2D eigenvalue weighted by atomic mass is 16.6. The Bertz CT molecular complexity index is 1220. The minimum absolute atomic E-state index is 0.0729. The number of carbonyl (C=O) groups is 3. The third kappa shape index (κ3) is 60.4. The molecule has 0 radical (unpaired) electrons. The quantitative estimate of drug-likeness (QED) is 0.0261. The van der Waals surface area contributed by atoms with Crippen LogP contribution in [0.2, 0.25) is 0 Å².